The maximum Gasteiger partial charge on any atom is 0.123 e. The van der Waals surface area contributed by atoms with E-state index in [1.807, 2.05) is 17.8 Å². The Hall–Kier alpha value is -1.68. The Labute approximate surface area is 100 Å². The molecule has 0 fully saturated rings. The number of halogens is 1. The molecule has 4 heteroatoms. The molecule has 2 aromatic rings. The molecule has 0 aliphatic rings. The molecule has 0 bridgehead atoms. The third-order valence-electron chi connectivity index (χ3n) is 2.93. The smallest absolute Gasteiger partial charge is 0.123 e. The van der Waals surface area contributed by atoms with Crippen molar-refractivity contribution in [2.75, 3.05) is 0 Å². The van der Waals surface area contributed by atoms with Crippen LogP contribution in [0, 0.1) is 5.82 Å². The third-order valence-corrected chi connectivity index (χ3v) is 2.93. The molecular formula is C13H16FN3. The van der Waals surface area contributed by atoms with Crippen molar-refractivity contribution in [3.63, 3.8) is 0 Å². The lowest BCUT2D eigenvalue weighted by atomic mass is 10.0. The monoisotopic (exact) mass is 233 g/mol. The maximum atomic E-state index is 12.8. The minimum atomic E-state index is -0.229. The van der Waals surface area contributed by atoms with Crippen molar-refractivity contribution in [3.8, 4) is 0 Å². The van der Waals surface area contributed by atoms with Crippen LogP contribution in [0.2, 0.25) is 0 Å². The average molecular weight is 233 g/mol. The fourth-order valence-corrected chi connectivity index (χ4v) is 1.83. The summed E-state index contributed by atoms with van der Waals surface area (Å²) in [7, 11) is 1.92. The van der Waals surface area contributed by atoms with Gasteiger partial charge in [0.15, 0.2) is 0 Å². The van der Waals surface area contributed by atoms with Gasteiger partial charge in [-0.3, -0.25) is 4.68 Å². The van der Waals surface area contributed by atoms with Crippen molar-refractivity contribution >= 4 is 0 Å². The van der Waals surface area contributed by atoms with Crippen LogP contribution in [0.5, 0.6) is 0 Å². The molecule has 0 aliphatic heterocycles. The molecule has 2 N–H and O–H groups in total. The molecule has 17 heavy (non-hydrogen) atoms. The van der Waals surface area contributed by atoms with Crippen molar-refractivity contribution in [1.29, 1.82) is 0 Å². The maximum absolute atomic E-state index is 12.8. The number of hydrogen-bond acceptors (Lipinski definition) is 2. The number of hydrogen-bond donors (Lipinski definition) is 1. The topological polar surface area (TPSA) is 43.8 Å². The van der Waals surface area contributed by atoms with Crippen LogP contribution < -0.4 is 5.73 Å². The molecule has 1 unspecified atom stereocenters. The molecule has 0 radical (unpaired) electrons. The highest BCUT2D eigenvalue weighted by Gasteiger charge is 2.07. The van der Waals surface area contributed by atoms with Crippen molar-refractivity contribution in [1.82, 2.24) is 9.78 Å². The molecule has 2 rings (SSSR count). The second-order valence-electron chi connectivity index (χ2n) is 4.14. The van der Waals surface area contributed by atoms with Crippen LogP contribution in [-0.4, -0.2) is 9.78 Å². The summed E-state index contributed by atoms with van der Waals surface area (Å²) in [5.74, 6) is -0.229. The molecule has 1 aromatic heterocycles. The summed E-state index contributed by atoms with van der Waals surface area (Å²) < 4.78 is 14.6. The normalized spacial score (nSPS) is 12.6. The van der Waals surface area contributed by atoms with Gasteiger partial charge in [-0.25, -0.2) is 4.39 Å². The van der Waals surface area contributed by atoms with Crippen LogP contribution in [0.25, 0.3) is 0 Å². The molecule has 0 spiro atoms. The molecular weight excluding hydrogens is 217 g/mol. The number of benzene rings is 1. The van der Waals surface area contributed by atoms with Crippen molar-refractivity contribution in [2.45, 2.75) is 18.9 Å². The average Bonchev–Trinajstić information content (AvgIpc) is 2.73. The van der Waals surface area contributed by atoms with Gasteiger partial charge in [-0.05, 0) is 36.6 Å². The van der Waals surface area contributed by atoms with Crippen molar-refractivity contribution in [2.24, 2.45) is 12.8 Å². The quantitative estimate of drug-likeness (QED) is 0.879. The van der Waals surface area contributed by atoms with E-state index in [2.05, 4.69) is 5.10 Å². The SMILES string of the molecule is Cn1nccc1CCC(N)c1ccc(F)cc1. The number of nitrogens with two attached hydrogens (primary N) is 1. The molecule has 1 aromatic carbocycles. The van der Waals surface area contributed by atoms with E-state index < -0.39 is 0 Å². The summed E-state index contributed by atoms with van der Waals surface area (Å²) in [5.41, 5.74) is 8.18. The van der Waals surface area contributed by atoms with E-state index in [-0.39, 0.29) is 11.9 Å². The summed E-state index contributed by atoms with van der Waals surface area (Å²) in [5, 5.41) is 4.11. The van der Waals surface area contributed by atoms with Crippen LogP contribution in [0.3, 0.4) is 0 Å². The third kappa shape index (κ3) is 2.91. The molecule has 0 saturated carbocycles. The lowest BCUT2D eigenvalue weighted by Crippen LogP contribution is -2.12. The Morgan fingerprint density at radius 3 is 2.59 bits per heavy atom. The number of aryl methyl sites for hydroxylation is 2. The molecule has 0 saturated heterocycles. The van der Waals surface area contributed by atoms with Gasteiger partial charge in [-0.2, -0.15) is 5.10 Å². The Bertz CT molecular complexity index is 476. The predicted molar refractivity (Wildman–Crippen MR) is 64.9 cm³/mol. The van der Waals surface area contributed by atoms with Crippen LogP contribution in [-0.2, 0) is 13.5 Å². The van der Waals surface area contributed by atoms with Gasteiger partial charge >= 0.3 is 0 Å². The van der Waals surface area contributed by atoms with E-state index in [1.54, 1.807) is 18.3 Å². The molecule has 1 atom stereocenters. The van der Waals surface area contributed by atoms with Gasteiger partial charge in [-0.15, -0.1) is 0 Å². The summed E-state index contributed by atoms with van der Waals surface area (Å²) in [6.07, 6.45) is 3.47. The van der Waals surface area contributed by atoms with E-state index >= 15 is 0 Å². The lowest BCUT2D eigenvalue weighted by molar-refractivity contribution is 0.605. The van der Waals surface area contributed by atoms with Gasteiger partial charge in [0.05, 0.1) is 0 Å². The summed E-state index contributed by atoms with van der Waals surface area (Å²) in [6, 6.07) is 8.29. The Kier molecular flexibility index (Phi) is 3.54. The fraction of sp³-hybridized carbons (Fsp3) is 0.308. The van der Waals surface area contributed by atoms with Gasteiger partial charge in [0.1, 0.15) is 5.82 Å². The first-order valence-electron chi connectivity index (χ1n) is 5.65. The van der Waals surface area contributed by atoms with Gasteiger partial charge in [-0.1, -0.05) is 12.1 Å². The molecule has 3 nitrogen and oxygen atoms in total. The number of rotatable bonds is 4. The standard InChI is InChI=1S/C13H16FN3/c1-17-12(8-9-16-17)6-7-13(15)10-2-4-11(14)5-3-10/h2-5,8-9,13H,6-7,15H2,1H3. The van der Waals surface area contributed by atoms with Crippen molar-refractivity contribution in [3.05, 3.63) is 53.6 Å². The van der Waals surface area contributed by atoms with Gasteiger partial charge in [0.2, 0.25) is 0 Å². The highest BCUT2D eigenvalue weighted by atomic mass is 19.1. The van der Waals surface area contributed by atoms with E-state index in [0.717, 1.165) is 24.1 Å². The summed E-state index contributed by atoms with van der Waals surface area (Å²) in [6.45, 7) is 0. The minimum Gasteiger partial charge on any atom is -0.324 e. The molecule has 90 valence electrons. The molecule has 0 aliphatic carbocycles. The van der Waals surface area contributed by atoms with Crippen LogP contribution >= 0.6 is 0 Å². The fourth-order valence-electron chi connectivity index (χ4n) is 1.83. The zero-order valence-electron chi connectivity index (χ0n) is 9.81. The zero-order valence-corrected chi connectivity index (χ0v) is 9.81. The Balaban J connectivity index is 1.95. The predicted octanol–water partition coefficient (Wildman–Crippen LogP) is 2.19. The zero-order chi connectivity index (χ0) is 12.3. The first-order valence-corrected chi connectivity index (χ1v) is 5.65. The summed E-state index contributed by atoms with van der Waals surface area (Å²) >= 11 is 0. The van der Waals surface area contributed by atoms with E-state index in [1.165, 1.54) is 12.1 Å². The second-order valence-corrected chi connectivity index (χ2v) is 4.14. The Morgan fingerprint density at radius 1 is 1.29 bits per heavy atom. The van der Waals surface area contributed by atoms with Crippen molar-refractivity contribution < 1.29 is 4.39 Å². The Morgan fingerprint density at radius 2 is 2.00 bits per heavy atom. The highest BCUT2D eigenvalue weighted by Crippen LogP contribution is 2.16. The van der Waals surface area contributed by atoms with Crippen LogP contribution in [0.1, 0.15) is 23.7 Å². The first-order chi connectivity index (χ1) is 8.16. The van der Waals surface area contributed by atoms with E-state index in [0.29, 0.717) is 0 Å². The second kappa shape index (κ2) is 5.10. The largest absolute Gasteiger partial charge is 0.324 e. The molecule has 0 amide bonds. The van der Waals surface area contributed by atoms with Crippen LogP contribution in [0.15, 0.2) is 36.5 Å². The molecule has 1 heterocycles. The van der Waals surface area contributed by atoms with Crippen LogP contribution in [0.4, 0.5) is 4.39 Å². The number of nitrogens with zero attached hydrogens (tertiary/aromatic N) is 2. The van der Waals surface area contributed by atoms with Gasteiger partial charge < -0.3 is 5.73 Å². The first kappa shape index (κ1) is 11.8. The van der Waals surface area contributed by atoms with E-state index in [4.69, 9.17) is 5.73 Å². The minimum absolute atomic E-state index is 0.0644. The number of aromatic nitrogens is 2. The van der Waals surface area contributed by atoms with Gasteiger partial charge in [0, 0.05) is 25.0 Å². The lowest BCUT2D eigenvalue weighted by Gasteiger charge is -2.11. The van der Waals surface area contributed by atoms with E-state index in [9.17, 15) is 4.39 Å². The highest BCUT2D eigenvalue weighted by molar-refractivity contribution is 5.19. The van der Waals surface area contributed by atoms with Gasteiger partial charge in [0.25, 0.3) is 0 Å². The summed E-state index contributed by atoms with van der Waals surface area (Å²) in [4.78, 5) is 0.